The molecule has 2 aromatic rings. The molecule has 0 bridgehead atoms. The fraction of sp³-hybridized carbons (Fsp3) is 0.154. The van der Waals surface area contributed by atoms with Crippen molar-refractivity contribution in [1.82, 2.24) is 4.98 Å². The molecule has 1 heterocycles. The summed E-state index contributed by atoms with van der Waals surface area (Å²) in [6.07, 6.45) is 4.38. The Morgan fingerprint density at radius 1 is 1.06 bits per heavy atom. The van der Waals surface area contributed by atoms with Crippen LogP contribution in [0.3, 0.4) is 0 Å². The molecule has 0 aliphatic rings. The molecule has 0 unspecified atom stereocenters. The third kappa shape index (κ3) is 3.62. The van der Waals surface area contributed by atoms with Crippen LogP contribution in [0.1, 0.15) is 5.56 Å². The first-order valence-electron chi connectivity index (χ1n) is 5.33. The van der Waals surface area contributed by atoms with E-state index in [4.69, 9.17) is 23.2 Å². The molecule has 88 valence electrons. The van der Waals surface area contributed by atoms with Crippen molar-refractivity contribution in [3.8, 4) is 0 Å². The summed E-state index contributed by atoms with van der Waals surface area (Å²) < 4.78 is 0. The van der Waals surface area contributed by atoms with Crippen LogP contribution in [0.4, 0.5) is 5.69 Å². The van der Waals surface area contributed by atoms with Crippen molar-refractivity contribution in [2.24, 2.45) is 0 Å². The SMILES string of the molecule is Clc1ccc(CCNc2ccncc2)c(Cl)c1. The predicted molar refractivity (Wildman–Crippen MR) is 72.9 cm³/mol. The first kappa shape index (κ1) is 12.2. The minimum Gasteiger partial charge on any atom is -0.385 e. The standard InChI is InChI=1S/C13H12Cl2N2/c14-11-2-1-10(13(15)9-11)3-8-17-12-4-6-16-7-5-12/h1-2,4-7,9H,3,8H2,(H,16,17). The Hall–Kier alpha value is -1.25. The molecule has 0 saturated carbocycles. The van der Waals surface area contributed by atoms with E-state index in [1.54, 1.807) is 18.5 Å². The van der Waals surface area contributed by atoms with E-state index in [2.05, 4.69) is 10.3 Å². The van der Waals surface area contributed by atoms with Crippen LogP contribution in [-0.2, 0) is 6.42 Å². The summed E-state index contributed by atoms with van der Waals surface area (Å²) in [7, 11) is 0. The Balaban J connectivity index is 1.90. The van der Waals surface area contributed by atoms with E-state index in [1.165, 1.54) is 0 Å². The number of pyridine rings is 1. The topological polar surface area (TPSA) is 24.9 Å². The highest BCUT2D eigenvalue weighted by atomic mass is 35.5. The van der Waals surface area contributed by atoms with Gasteiger partial charge in [-0.2, -0.15) is 0 Å². The van der Waals surface area contributed by atoms with Gasteiger partial charge in [-0.05, 0) is 36.2 Å². The van der Waals surface area contributed by atoms with Crippen LogP contribution >= 0.6 is 23.2 Å². The summed E-state index contributed by atoms with van der Waals surface area (Å²) >= 11 is 11.9. The Bertz CT molecular complexity index is 486. The Morgan fingerprint density at radius 3 is 2.53 bits per heavy atom. The number of rotatable bonds is 4. The Morgan fingerprint density at radius 2 is 1.82 bits per heavy atom. The van der Waals surface area contributed by atoms with Gasteiger partial charge in [0, 0.05) is 34.7 Å². The zero-order valence-corrected chi connectivity index (χ0v) is 10.7. The lowest BCUT2D eigenvalue weighted by Crippen LogP contribution is -2.05. The van der Waals surface area contributed by atoms with Gasteiger partial charge in [0.15, 0.2) is 0 Å². The molecule has 17 heavy (non-hydrogen) atoms. The van der Waals surface area contributed by atoms with Gasteiger partial charge in [-0.1, -0.05) is 29.3 Å². The highest BCUT2D eigenvalue weighted by molar-refractivity contribution is 6.35. The molecule has 2 nitrogen and oxygen atoms in total. The molecule has 0 atom stereocenters. The molecule has 0 fully saturated rings. The van der Waals surface area contributed by atoms with Gasteiger partial charge in [0.05, 0.1) is 0 Å². The first-order valence-corrected chi connectivity index (χ1v) is 6.09. The maximum atomic E-state index is 6.09. The van der Waals surface area contributed by atoms with E-state index in [-0.39, 0.29) is 0 Å². The van der Waals surface area contributed by atoms with Gasteiger partial charge in [-0.25, -0.2) is 0 Å². The van der Waals surface area contributed by atoms with Gasteiger partial charge in [0.1, 0.15) is 0 Å². The molecule has 0 spiro atoms. The second kappa shape index (κ2) is 5.89. The number of benzene rings is 1. The van der Waals surface area contributed by atoms with E-state index in [0.717, 1.165) is 24.2 Å². The molecule has 1 aromatic carbocycles. The lowest BCUT2D eigenvalue weighted by atomic mass is 10.1. The quantitative estimate of drug-likeness (QED) is 0.904. The van der Waals surface area contributed by atoms with Gasteiger partial charge < -0.3 is 5.32 Å². The van der Waals surface area contributed by atoms with Gasteiger partial charge in [-0.15, -0.1) is 0 Å². The summed E-state index contributed by atoms with van der Waals surface area (Å²) in [6, 6.07) is 9.45. The molecule has 1 aromatic heterocycles. The second-order valence-corrected chi connectivity index (χ2v) is 4.49. The molecular weight excluding hydrogens is 255 g/mol. The molecule has 1 N–H and O–H groups in total. The normalized spacial score (nSPS) is 10.2. The zero-order valence-electron chi connectivity index (χ0n) is 9.16. The number of hydrogen-bond donors (Lipinski definition) is 1. The van der Waals surface area contributed by atoms with Crippen LogP contribution in [-0.4, -0.2) is 11.5 Å². The second-order valence-electron chi connectivity index (χ2n) is 3.65. The lowest BCUT2D eigenvalue weighted by Gasteiger charge is -2.07. The maximum Gasteiger partial charge on any atom is 0.0453 e. The van der Waals surface area contributed by atoms with Crippen molar-refractivity contribution < 1.29 is 0 Å². The van der Waals surface area contributed by atoms with Crippen molar-refractivity contribution in [2.45, 2.75) is 6.42 Å². The number of halogens is 2. The van der Waals surface area contributed by atoms with Crippen molar-refractivity contribution >= 4 is 28.9 Å². The van der Waals surface area contributed by atoms with Gasteiger partial charge in [0.2, 0.25) is 0 Å². The summed E-state index contributed by atoms with van der Waals surface area (Å²) in [4.78, 5) is 3.96. The highest BCUT2D eigenvalue weighted by Crippen LogP contribution is 2.21. The van der Waals surface area contributed by atoms with Crippen LogP contribution in [0.15, 0.2) is 42.7 Å². The molecule has 0 radical (unpaired) electrons. The predicted octanol–water partition coefficient (Wildman–Crippen LogP) is 4.04. The van der Waals surface area contributed by atoms with E-state index >= 15 is 0 Å². The molecule has 0 aliphatic carbocycles. The highest BCUT2D eigenvalue weighted by Gasteiger charge is 2.00. The third-order valence-corrected chi connectivity index (χ3v) is 3.01. The third-order valence-electron chi connectivity index (χ3n) is 2.42. The van der Waals surface area contributed by atoms with Crippen LogP contribution in [0.2, 0.25) is 10.0 Å². The number of anilines is 1. The van der Waals surface area contributed by atoms with Gasteiger partial charge >= 0.3 is 0 Å². The van der Waals surface area contributed by atoms with Gasteiger partial charge in [0.25, 0.3) is 0 Å². The van der Waals surface area contributed by atoms with E-state index in [9.17, 15) is 0 Å². The summed E-state index contributed by atoms with van der Waals surface area (Å²) in [5.74, 6) is 0. The van der Waals surface area contributed by atoms with Crippen LogP contribution in [0.5, 0.6) is 0 Å². The summed E-state index contributed by atoms with van der Waals surface area (Å²) in [5, 5.41) is 4.69. The van der Waals surface area contributed by atoms with Crippen LogP contribution in [0.25, 0.3) is 0 Å². The van der Waals surface area contributed by atoms with Crippen LogP contribution in [0, 0.1) is 0 Å². The average Bonchev–Trinajstić information content (AvgIpc) is 2.33. The minimum absolute atomic E-state index is 0.667. The monoisotopic (exact) mass is 266 g/mol. The largest absolute Gasteiger partial charge is 0.385 e. The van der Waals surface area contributed by atoms with E-state index in [1.807, 2.05) is 24.3 Å². The van der Waals surface area contributed by atoms with E-state index in [0.29, 0.717) is 10.0 Å². The van der Waals surface area contributed by atoms with Crippen LogP contribution < -0.4 is 5.32 Å². The molecule has 0 aliphatic heterocycles. The zero-order chi connectivity index (χ0) is 12.1. The fourth-order valence-corrected chi connectivity index (χ4v) is 2.04. The smallest absolute Gasteiger partial charge is 0.0453 e. The van der Waals surface area contributed by atoms with Gasteiger partial charge in [-0.3, -0.25) is 4.98 Å². The molecule has 4 heteroatoms. The van der Waals surface area contributed by atoms with Crippen molar-refractivity contribution in [3.63, 3.8) is 0 Å². The number of aromatic nitrogens is 1. The molecule has 2 rings (SSSR count). The van der Waals surface area contributed by atoms with Crippen molar-refractivity contribution in [2.75, 3.05) is 11.9 Å². The molecule has 0 amide bonds. The Labute approximate surface area is 111 Å². The van der Waals surface area contributed by atoms with E-state index < -0.39 is 0 Å². The summed E-state index contributed by atoms with van der Waals surface area (Å²) in [6.45, 7) is 0.825. The number of hydrogen-bond acceptors (Lipinski definition) is 2. The number of nitrogens with one attached hydrogen (secondary N) is 1. The van der Waals surface area contributed by atoms with Crippen molar-refractivity contribution in [3.05, 3.63) is 58.3 Å². The lowest BCUT2D eigenvalue weighted by molar-refractivity contribution is 1.02. The Kier molecular flexibility index (Phi) is 4.24. The first-order chi connectivity index (χ1) is 8.25. The van der Waals surface area contributed by atoms with Crippen molar-refractivity contribution in [1.29, 1.82) is 0 Å². The average molecular weight is 267 g/mol. The molecular formula is C13H12Cl2N2. The maximum absolute atomic E-state index is 6.09. The molecule has 0 saturated heterocycles. The number of nitrogens with zero attached hydrogens (tertiary/aromatic N) is 1. The summed E-state index contributed by atoms with van der Waals surface area (Å²) in [5.41, 5.74) is 2.16. The fourth-order valence-electron chi connectivity index (χ4n) is 1.54. The minimum atomic E-state index is 0.667.